The fourth-order valence-corrected chi connectivity index (χ4v) is 4.74. The largest absolute Gasteiger partial charge is 0.465 e. The van der Waals surface area contributed by atoms with Crippen molar-refractivity contribution in [2.45, 2.75) is 4.21 Å². The number of rotatable bonds is 7. The molecular formula is C21H18N2O7S2. The average molecular weight is 475 g/mol. The van der Waals surface area contributed by atoms with Crippen LogP contribution in [0.2, 0.25) is 0 Å². The zero-order valence-electron chi connectivity index (χ0n) is 16.9. The summed E-state index contributed by atoms with van der Waals surface area (Å²) in [6.07, 6.45) is 0. The third kappa shape index (κ3) is 5.31. The Morgan fingerprint density at radius 3 is 1.91 bits per heavy atom. The molecular weight excluding hydrogens is 456 g/mol. The summed E-state index contributed by atoms with van der Waals surface area (Å²) in [5.74, 6) is -1.90. The Morgan fingerprint density at radius 2 is 1.41 bits per heavy atom. The Morgan fingerprint density at radius 1 is 0.812 bits per heavy atom. The summed E-state index contributed by atoms with van der Waals surface area (Å²) in [4.78, 5) is 36.4. The Balaban J connectivity index is 1.78. The van der Waals surface area contributed by atoms with Gasteiger partial charge in [0.15, 0.2) is 0 Å². The molecule has 1 aromatic heterocycles. The smallest absolute Gasteiger partial charge is 0.337 e. The van der Waals surface area contributed by atoms with Crippen LogP contribution in [0.3, 0.4) is 0 Å². The van der Waals surface area contributed by atoms with Crippen LogP contribution in [-0.2, 0) is 19.5 Å². The van der Waals surface area contributed by atoms with E-state index in [2.05, 4.69) is 19.5 Å². The number of amides is 1. The van der Waals surface area contributed by atoms with E-state index in [1.165, 1.54) is 62.8 Å². The summed E-state index contributed by atoms with van der Waals surface area (Å²) in [7, 11) is -1.31. The van der Waals surface area contributed by atoms with Crippen molar-refractivity contribution in [3.05, 3.63) is 76.7 Å². The first-order valence-electron chi connectivity index (χ1n) is 9.03. The van der Waals surface area contributed by atoms with E-state index in [1.54, 1.807) is 11.4 Å². The van der Waals surface area contributed by atoms with E-state index in [9.17, 15) is 22.8 Å². The molecule has 1 heterocycles. The highest BCUT2D eigenvalue weighted by Crippen LogP contribution is 2.21. The number of anilines is 2. The highest BCUT2D eigenvalue weighted by Gasteiger charge is 2.17. The Hall–Kier alpha value is -3.70. The van der Waals surface area contributed by atoms with Crippen LogP contribution in [0.5, 0.6) is 0 Å². The third-order valence-corrected chi connectivity index (χ3v) is 6.97. The zero-order valence-corrected chi connectivity index (χ0v) is 18.6. The molecule has 0 aliphatic rings. The molecule has 11 heteroatoms. The highest BCUT2D eigenvalue weighted by molar-refractivity contribution is 7.94. The van der Waals surface area contributed by atoms with Gasteiger partial charge in [0.2, 0.25) is 0 Å². The van der Waals surface area contributed by atoms with Crippen LogP contribution in [-0.4, -0.2) is 40.5 Å². The van der Waals surface area contributed by atoms with Crippen LogP contribution in [0.15, 0.2) is 64.2 Å². The van der Waals surface area contributed by atoms with Crippen molar-refractivity contribution in [1.29, 1.82) is 0 Å². The van der Waals surface area contributed by atoms with Gasteiger partial charge in [-0.15, -0.1) is 11.3 Å². The molecule has 0 spiro atoms. The van der Waals surface area contributed by atoms with Crippen molar-refractivity contribution in [3.8, 4) is 0 Å². The summed E-state index contributed by atoms with van der Waals surface area (Å²) < 4.78 is 36.5. The number of hydrogen-bond donors (Lipinski definition) is 2. The minimum Gasteiger partial charge on any atom is -0.465 e. The first kappa shape index (κ1) is 23.0. The lowest BCUT2D eigenvalue weighted by atomic mass is 10.1. The Bertz CT molecular complexity index is 1220. The minimum atomic E-state index is -3.70. The molecule has 9 nitrogen and oxygen atoms in total. The van der Waals surface area contributed by atoms with E-state index < -0.39 is 27.9 Å². The first-order valence-corrected chi connectivity index (χ1v) is 11.4. The van der Waals surface area contributed by atoms with Crippen molar-refractivity contribution in [2.75, 3.05) is 24.3 Å². The molecule has 0 fully saturated rings. The highest BCUT2D eigenvalue weighted by atomic mass is 32.2. The molecule has 0 aliphatic heterocycles. The van der Waals surface area contributed by atoms with Gasteiger partial charge in [-0.25, -0.2) is 18.0 Å². The number of esters is 2. The number of carbonyl (C=O) groups is 3. The van der Waals surface area contributed by atoms with Crippen LogP contribution >= 0.6 is 11.3 Å². The Kier molecular flexibility index (Phi) is 6.91. The molecule has 0 saturated carbocycles. The number of nitrogens with one attached hydrogen (secondary N) is 2. The van der Waals surface area contributed by atoms with Gasteiger partial charge in [-0.2, -0.15) is 0 Å². The fourth-order valence-electron chi connectivity index (χ4n) is 2.69. The van der Waals surface area contributed by atoms with Gasteiger partial charge in [0.25, 0.3) is 15.9 Å². The zero-order chi connectivity index (χ0) is 23.3. The van der Waals surface area contributed by atoms with Gasteiger partial charge in [0.1, 0.15) is 4.21 Å². The van der Waals surface area contributed by atoms with Crippen molar-refractivity contribution in [3.63, 3.8) is 0 Å². The molecule has 166 valence electrons. The SMILES string of the molecule is COC(=O)c1cc(NC(=O)c2ccc(NS(=O)(=O)c3cccs3)cc2)cc(C(=O)OC)c1. The van der Waals surface area contributed by atoms with E-state index >= 15 is 0 Å². The van der Waals surface area contributed by atoms with Gasteiger partial charge >= 0.3 is 11.9 Å². The second-order valence-electron chi connectivity index (χ2n) is 6.35. The van der Waals surface area contributed by atoms with Crippen molar-refractivity contribution in [1.82, 2.24) is 0 Å². The molecule has 2 N–H and O–H groups in total. The topological polar surface area (TPSA) is 128 Å². The molecule has 2 aromatic carbocycles. The quantitative estimate of drug-likeness (QED) is 0.503. The number of sulfonamides is 1. The maximum absolute atomic E-state index is 12.6. The van der Waals surface area contributed by atoms with Gasteiger partial charge in [-0.3, -0.25) is 9.52 Å². The summed E-state index contributed by atoms with van der Waals surface area (Å²) in [6.45, 7) is 0. The van der Waals surface area contributed by atoms with Gasteiger partial charge in [-0.05, 0) is 53.9 Å². The second-order valence-corrected chi connectivity index (χ2v) is 9.21. The summed E-state index contributed by atoms with van der Waals surface area (Å²) in [6, 6.07) is 12.9. The minimum absolute atomic E-state index is 0.0593. The normalized spacial score (nSPS) is 10.8. The van der Waals surface area contributed by atoms with Crippen LogP contribution in [0.1, 0.15) is 31.1 Å². The van der Waals surface area contributed by atoms with Gasteiger partial charge in [-0.1, -0.05) is 6.07 Å². The molecule has 0 radical (unpaired) electrons. The van der Waals surface area contributed by atoms with E-state index in [4.69, 9.17) is 0 Å². The first-order chi connectivity index (χ1) is 15.2. The van der Waals surface area contributed by atoms with Crippen LogP contribution in [0, 0.1) is 0 Å². The number of methoxy groups -OCH3 is 2. The molecule has 1 amide bonds. The van der Waals surface area contributed by atoms with E-state index in [0.717, 1.165) is 11.3 Å². The molecule has 3 rings (SSSR count). The molecule has 3 aromatic rings. The van der Waals surface area contributed by atoms with Gasteiger partial charge in [0, 0.05) is 16.9 Å². The second kappa shape index (κ2) is 9.62. The molecule has 32 heavy (non-hydrogen) atoms. The molecule has 0 aliphatic carbocycles. The Labute approximate surface area is 188 Å². The number of ether oxygens (including phenoxy) is 2. The standard InChI is InChI=1S/C21H18N2O7S2/c1-29-20(25)14-10-15(21(26)30-2)12-17(11-14)22-19(24)13-5-7-16(8-6-13)23-32(27,28)18-4-3-9-31-18/h3-12,23H,1-2H3,(H,22,24). The number of thiophene rings is 1. The lowest BCUT2D eigenvalue weighted by molar-refractivity contribution is 0.0598. The number of hydrogen-bond acceptors (Lipinski definition) is 8. The monoisotopic (exact) mass is 474 g/mol. The fraction of sp³-hybridized carbons (Fsp3) is 0.0952. The maximum Gasteiger partial charge on any atom is 0.337 e. The molecule has 0 bridgehead atoms. The van der Waals surface area contributed by atoms with Crippen LogP contribution in [0.25, 0.3) is 0 Å². The lowest BCUT2D eigenvalue weighted by Crippen LogP contribution is -2.15. The maximum atomic E-state index is 12.6. The predicted octanol–water partition coefficient (Wildman–Crippen LogP) is 3.37. The molecule has 0 saturated heterocycles. The lowest BCUT2D eigenvalue weighted by Gasteiger charge is -2.10. The van der Waals surface area contributed by atoms with Crippen molar-refractivity contribution < 1.29 is 32.3 Å². The average Bonchev–Trinajstić information content (AvgIpc) is 3.34. The molecule has 0 atom stereocenters. The number of carbonyl (C=O) groups excluding carboxylic acids is 3. The summed E-state index contributed by atoms with van der Waals surface area (Å²) in [5, 5.41) is 4.25. The number of benzene rings is 2. The van der Waals surface area contributed by atoms with E-state index in [-0.39, 0.29) is 32.3 Å². The van der Waals surface area contributed by atoms with Gasteiger partial charge in [0.05, 0.1) is 25.3 Å². The van der Waals surface area contributed by atoms with E-state index in [0.29, 0.717) is 0 Å². The summed E-state index contributed by atoms with van der Waals surface area (Å²) in [5.41, 5.74) is 0.816. The van der Waals surface area contributed by atoms with Crippen molar-refractivity contribution >= 4 is 50.6 Å². The van der Waals surface area contributed by atoms with Crippen LogP contribution < -0.4 is 10.0 Å². The third-order valence-electron chi connectivity index (χ3n) is 4.19. The summed E-state index contributed by atoms with van der Waals surface area (Å²) >= 11 is 1.09. The van der Waals surface area contributed by atoms with Crippen LogP contribution in [0.4, 0.5) is 11.4 Å². The predicted molar refractivity (Wildman–Crippen MR) is 119 cm³/mol. The van der Waals surface area contributed by atoms with E-state index in [1.807, 2.05) is 0 Å². The van der Waals surface area contributed by atoms with Crippen molar-refractivity contribution in [2.24, 2.45) is 0 Å². The molecule has 0 unspecified atom stereocenters. The van der Waals surface area contributed by atoms with Gasteiger partial charge < -0.3 is 14.8 Å².